The Morgan fingerprint density at radius 3 is 2.48 bits per heavy atom. The zero-order valence-corrected chi connectivity index (χ0v) is 16.5. The Bertz CT molecular complexity index is 690. The molecule has 0 saturated carbocycles. The van der Waals surface area contributed by atoms with Crippen LogP contribution in [0.4, 0.5) is 0 Å². The van der Waals surface area contributed by atoms with Crippen LogP contribution in [0.25, 0.3) is 0 Å². The maximum Gasteiger partial charge on any atom is 0.240 e. The summed E-state index contributed by atoms with van der Waals surface area (Å²) < 4.78 is 27.5. The average molecular weight is 367 g/mol. The van der Waals surface area contributed by atoms with Crippen LogP contribution in [0.2, 0.25) is 0 Å². The van der Waals surface area contributed by atoms with Crippen molar-refractivity contribution in [2.24, 2.45) is 11.3 Å². The van der Waals surface area contributed by atoms with Gasteiger partial charge in [-0.15, -0.1) is 0 Å². The second-order valence-electron chi connectivity index (χ2n) is 8.25. The van der Waals surface area contributed by atoms with Crippen LogP contribution in [-0.4, -0.2) is 38.9 Å². The zero-order chi connectivity index (χ0) is 18.7. The second-order valence-corrected chi connectivity index (χ2v) is 10.0. The fourth-order valence-electron chi connectivity index (χ4n) is 3.05. The number of nitrogens with zero attached hydrogens (tertiary/aromatic N) is 1. The van der Waals surface area contributed by atoms with Crippen molar-refractivity contribution in [3.63, 3.8) is 0 Å². The van der Waals surface area contributed by atoms with Crippen molar-refractivity contribution >= 4 is 15.9 Å². The summed E-state index contributed by atoms with van der Waals surface area (Å²) in [5.41, 5.74) is 0.996. The van der Waals surface area contributed by atoms with Gasteiger partial charge in [0.25, 0.3) is 0 Å². The highest BCUT2D eigenvalue weighted by atomic mass is 32.2. The molecule has 0 bridgehead atoms. The highest BCUT2D eigenvalue weighted by Crippen LogP contribution is 2.23. The first kappa shape index (κ1) is 19.9. The molecule has 1 atom stereocenters. The Hall–Kier alpha value is -1.40. The maximum atomic E-state index is 12.4. The number of aryl methyl sites for hydroxylation is 1. The van der Waals surface area contributed by atoms with Gasteiger partial charge in [-0.05, 0) is 43.2 Å². The molecule has 0 radical (unpaired) electrons. The highest BCUT2D eigenvalue weighted by molar-refractivity contribution is 7.89. The van der Waals surface area contributed by atoms with Crippen molar-refractivity contribution in [1.29, 1.82) is 0 Å². The van der Waals surface area contributed by atoms with Crippen LogP contribution in [0.5, 0.6) is 0 Å². The molecular formula is C19H30N2O3S. The molecule has 0 aliphatic carbocycles. The lowest BCUT2D eigenvalue weighted by molar-refractivity contribution is -0.134. The van der Waals surface area contributed by atoms with Gasteiger partial charge in [-0.1, -0.05) is 38.5 Å². The van der Waals surface area contributed by atoms with E-state index in [0.717, 1.165) is 24.9 Å². The van der Waals surface area contributed by atoms with E-state index in [2.05, 4.69) is 25.5 Å². The van der Waals surface area contributed by atoms with Gasteiger partial charge < -0.3 is 4.90 Å². The quantitative estimate of drug-likeness (QED) is 0.871. The van der Waals surface area contributed by atoms with Gasteiger partial charge in [0, 0.05) is 26.1 Å². The van der Waals surface area contributed by atoms with Crippen molar-refractivity contribution in [3.05, 3.63) is 29.8 Å². The normalized spacial score (nSPS) is 19.0. The van der Waals surface area contributed by atoms with Crippen LogP contribution >= 0.6 is 0 Å². The summed E-state index contributed by atoms with van der Waals surface area (Å²) >= 11 is 0. The van der Waals surface area contributed by atoms with Crippen molar-refractivity contribution in [3.8, 4) is 0 Å². The van der Waals surface area contributed by atoms with Crippen LogP contribution < -0.4 is 4.72 Å². The Morgan fingerprint density at radius 2 is 1.88 bits per heavy atom. The summed E-state index contributed by atoms with van der Waals surface area (Å²) in [6.45, 7) is 9.87. The van der Waals surface area contributed by atoms with Gasteiger partial charge in [-0.2, -0.15) is 0 Å². The largest absolute Gasteiger partial charge is 0.342 e. The SMILES string of the molecule is Cc1ccc(S(=O)(=O)NCC2CCCN(C(=O)CC(C)(C)C)C2)cc1. The topological polar surface area (TPSA) is 66.5 Å². The molecule has 0 spiro atoms. The number of carbonyl (C=O) groups is 1. The van der Waals surface area contributed by atoms with Crippen molar-refractivity contribution in [2.75, 3.05) is 19.6 Å². The number of benzene rings is 1. The molecule has 0 aromatic heterocycles. The van der Waals surface area contributed by atoms with Crippen LogP contribution in [0.15, 0.2) is 29.2 Å². The summed E-state index contributed by atoms with van der Waals surface area (Å²) in [5, 5.41) is 0. The first-order valence-electron chi connectivity index (χ1n) is 8.91. The number of amides is 1. The minimum atomic E-state index is -3.50. The van der Waals surface area contributed by atoms with Crippen LogP contribution in [-0.2, 0) is 14.8 Å². The summed E-state index contributed by atoms with van der Waals surface area (Å²) in [4.78, 5) is 14.6. The molecule has 1 fully saturated rings. The minimum Gasteiger partial charge on any atom is -0.342 e. The molecule has 25 heavy (non-hydrogen) atoms. The average Bonchev–Trinajstić information content (AvgIpc) is 2.52. The molecule has 5 nitrogen and oxygen atoms in total. The summed E-state index contributed by atoms with van der Waals surface area (Å²) in [6.07, 6.45) is 2.39. The van der Waals surface area contributed by atoms with E-state index in [1.54, 1.807) is 24.3 Å². The van der Waals surface area contributed by atoms with Gasteiger partial charge >= 0.3 is 0 Å². The van der Waals surface area contributed by atoms with Gasteiger partial charge in [0.2, 0.25) is 15.9 Å². The first-order valence-corrected chi connectivity index (χ1v) is 10.4. The minimum absolute atomic E-state index is 0.0307. The number of piperidine rings is 1. The number of nitrogens with one attached hydrogen (secondary N) is 1. The third kappa shape index (κ3) is 6.12. The molecule has 1 saturated heterocycles. The molecule has 1 aromatic rings. The summed E-state index contributed by atoms with van der Waals surface area (Å²) in [7, 11) is -3.50. The number of rotatable bonds is 5. The summed E-state index contributed by atoms with van der Waals surface area (Å²) in [5.74, 6) is 0.330. The first-order chi connectivity index (χ1) is 11.6. The summed E-state index contributed by atoms with van der Waals surface area (Å²) in [6, 6.07) is 6.83. The van der Waals surface area contributed by atoms with E-state index < -0.39 is 10.0 Å². The molecule has 1 aliphatic rings. The predicted molar refractivity (Wildman–Crippen MR) is 99.7 cm³/mol. The maximum absolute atomic E-state index is 12.4. The predicted octanol–water partition coefficient (Wildman–Crippen LogP) is 2.95. The van der Waals surface area contributed by atoms with E-state index in [1.807, 2.05) is 11.8 Å². The van der Waals surface area contributed by atoms with E-state index >= 15 is 0 Å². The smallest absolute Gasteiger partial charge is 0.240 e. The van der Waals surface area contributed by atoms with E-state index in [-0.39, 0.29) is 22.1 Å². The lowest BCUT2D eigenvalue weighted by Gasteiger charge is -2.34. The molecule has 1 amide bonds. The number of hydrogen-bond donors (Lipinski definition) is 1. The fourth-order valence-corrected chi connectivity index (χ4v) is 4.17. The van der Waals surface area contributed by atoms with E-state index in [9.17, 15) is 13.2 Å². The lowest BCUT2D eigenvalue weighted by Crippen LogP contribution is -2.44. The second kappa shape index (κ2) is 7.87. The zero-order valence-electron chi connectivity index (χ0n) is 15.7. The third-order valence-corrected chi connectivity index (χ3v) is 5.89. The number of likely N-dealkylation sites (tertiary alicyclic amines) is 1. The number of carbonyl (C=O) groups excluding carboxylic acids is 1. The molecule has 2 rings (SSSR count). The molecular weight excluding hydrogens is 336 g/mol. The molecule has 1 heterocycles. The number of hydrogen-bond acceptors (Lipinski definition) is 3. The fraction of sp³-hybridized carbons (Fsp3) is 0.632. The van der Waals surface area contributed by atoms with Gasteiger partial charge in [-0.25, -0.2) is 13.1 Å². The van der Waals surface area contributed by atoms with Crippen molar-refractivity contribution in [1.82, 2.24) is 9.62 Å². The van der Waals surface area contributed by atoms with Crippen molar-refractivity contribution < 1.29 is 13.2 Å². The Kier molecular flexibility index (Phi) is 6.27. The standard InChI is InChI=1S/C19H30N2O3S/c1-15-7-9-17(10-8-15)25(23,24)20-13-16-6-5-11-21(14-16)18(22)12-19(2,3)4/h7-10,16,20H,5-6,11-14H2,1-4H3. The molecule has 1 aromatic carbocycles. The number of sulfonamides is 1. The van der Waals surface area contributed by atoms with Crippen LogP contribution in [0.3, 0.4) is 0 Å². The molecule has 6 heteroatoms. The van der Waals surface area contributed by atoms with Crippen LogP contribution in [0.1, 0.15) is 45.6 Å². The highest BCUT2D eigenvalue weighted by Gasteiger charge is 2.27. The molecule has 1 N–H and O–H groups in total. The van der Waals surface area contributed by atoms with E-state index in [4.69, 9.17) is 0 Å². The Balaban J connectivity index is 1.92. The van der Waals surface area contributed by atoms with Gasteiger partial charge in [-0.3, -0.25) is 4.79 Å². The van der Waals surface area contributed by atoms with Gasteiger partial charge in [0.05, 0.1) is 4.90 Å². The van der Waals surface area contributed by atoms with E-state index in [0.29, 0.717) is 19.5 Å². The van der Waals surface area contributed by atoms with E-state index in [1.165, 1.54) is 0 Å². The van der Waals surface area contributed by atoms with Crippen LogP contribution in [0, 0.1) is 18.3 Å². The van der Waals surface area contributed by atoms with Gasteiger partial charge in [0.15, 0.2) is 0 Å². The lowest BCUT2D eigenvalue weighted by atomic mass is 9.90. The third-order valence-electron chi connectivity index (χ3n) is 4.45. The molecule has 1 unspecified atom stereocenters. The Labute approximate surface area is 151 Å². The molecule has 140 valence electrons. The molecule has 1 aliphatic heterocycles. The monoisotopic (exact) mass is 366 g/mol. The van der Waals surface area contributed by atoms with Crippen molar-refractivity contribution in [2.45, 2.75) is 51.9 Å². The van der Waals surface area contributed by atoms with Gasteiger partial charge in [0.1, 0.15) is 0 Å². The Morgan fingerprint density at radius 1 is 1.24 bits per heavy atom.